The SMILES string of the molecule is CCNCc1ccncc1OCC1CCCC1. The molecule has 0 unspecified atom stereocenters. The van der Waals surface area contributed by atoms with E-state index in [4.69, 9.17) is 4.74 Å². The van der Waals surface area contributed by atoms with Crippen LogP contribution in [0.25, 0.3) is 0 Å². The van der Waals surface area contributed by atoms with E-state index in [1.54, 1.807) is 0 Å². The molecular weight excluding hydrogens is 212 g/mol. The number of hydrogen-bond acceptors (Lipinski definition) is 3. The zero-order valence-electron chi connectivity index (χ0n) is 10.6. The van der Waals surface area contributed by atoms with Gasteiger partial charge in [-0.25, -0.2) is 0 Å². The van der Waals surface area contributed by atoms with Crippen molar-refractivity contribution >= 4 is 0 Å². The van der Waals surface area contributed by atoms with Gasteiger partial charge in [0.2, 0.25) is 0 Å². The Morgan fingerprint density at radius 2 is 2.24 bits per heavy atom. The molecule has 0 saturated heterocycles. The largest absolute Gasteiger partial charge is 0.491 e. The van der Waals surface area contributed by atoms with Crippen LogP contribution in [-0.4, -0.2) is 18.1 Å². The van der Waals surface area contributed by atoms with Gasteiger partial charge in [-0.05, 0) is 31.4 Å². The number of rotatable bonds is 6. The summed E-state index contributed by atoms with van der Waals surface area (Å²) in [5, 5.41) is 3.33. The zero-order chi connectivity index (χ0) is 11.9. The average molecular weight is 234 g/mol. The molecule has 3 heteroatoms. The van der Waals surface area contributed by atoms with E-state index in [-0.39, 0.29) is 0 Å². The van der Waals surface area contributed by atoms with Crippen LogP contribution < -0.4 is 10.1 Å². The van der Waals surface area contributed by atoms with Gasteiger partial charge in [-0.3, -0.25) is 4.98 Å². The van der Waals surface area contributed by atoms with Crippen LogP contribution in [0.2, 0.25) is 0 Å². The summed E-state index contributed by atoms with van der Waals surface area (Å²) in [6.45, 7) is 4.80. The van der Waals surface area contributed by atoms with E-state index in [0.717, 1.165) is 31.4 Å². The molecule has 0 radical (unpaired) electrons. The fourth-order valence-corrected chi connectivity index (χ4v) is 2.33. The summed E-state index contributed by atoms with van der Waals surface area (Å²) in [7, 11) is 0. The van der Waals surface area contributed by atoms with Gasteiger partial charge < -0.3 is 10.1 Å². The molecule has 1 heterocycles. The molecule has 0 spiro atoms. The first-order valence-corrected chi connectivity index (χ1v) is 6.66. The van der Waals surface area contributed by atoms with E-state index >= 15 is 0 Å². The van der Waals surface area contributed by atoms with Crippen molar-refractivity contribution in [1.82, 2.24) is 10.3 Å². The van der Waals surface area contributed by atoms with Gasteiger partial charge in [-0.1, -0.05) is 19.8 Å². The van der Waals surface area contributed by atoms with Crippen LogP contribution in [0, 0.1) is 5.92 Å². The highest BCUT2D eigenvalue weighted by Gasteiger charge is 2.16. The Balaban J connectivity index is 1.89. The van der Waals surface area contributed by atoms with Crippen LogP contribution in [0.3, 0.4) is 0 Å². The third-order valence-corrected chi connectivity index (χ3v) is 3.38. The van der Waals surface area contributed by atoms with Gasteiger partial charge in [0, 0.05) is 18.3 Å². The van der Waals surface area contributed by atoms with Crippen molar-refractivity contribution in [1.29, 1.82) is 0 Å². The van der Waals surface area contributed by atoms with Crippen LogP contribution in [0.15, 0.2) is 18.5 Å². The second-order valence-electron chi connectivity index (χ2n) is 4.73. The monoisotopic (exact) mass is 234 g/mol. The van der Waals surface area contributed by atoms with Crippen molar-refractivity contribution < 1.29 is 4.74 Å². The molecule has 1 saturated carbocycles. The molecule has 0 amide bonds. The molecule has 0 atom stereocenters. The van der Waals surface area contributed by atoms with Crippen molar-refractivity contribution in [2.75, 3.05) is 13.2 Å². The van der Waals surface area contributed by atoms with E-state index in [0.29, 0.717) is 0 Å². The average Bonchev–Trinajstić information content (AvgIpc) is 2.88. The number of hydrogen-bond donors (Lipinski definition) is 1. The molecule has 0 bridgehead atoms. The molecule has 1 N–H and O–H groups in total. The van der Waals surface area contributed by atoms with Gasteiger partial charge in [-0.15, -0.1) is 0 Å². The fraction of sp³-hybridized carbons (Fsp3) is 0.643. The van der Waals surface area contributed by atoms with Crippen LogP contribution in [0.5, 0.6) is 5.75 Å². The summed E-state index contributed by atoms with van der Waals surface area (Å²) >= 11 is 0. The zero-order valence-corrected chi connectivity index (χ0v) is 10.6. The summed E-state index contributed by atoms with van der Waals surface area (Å²) in [5.41, 5.74) is 1.21. The third-order valence-electron chi connectivity index (χ3n) is 3.38. The molecule has 1 aromatic rings. The molecule has 2 rings (SSSR count). The van der Waals surface area contributed by atoms with E-state index in [1.165, 1.54) is 31.2 Å². The number of aromatic nitrogens is 1. The Kier molecular flexibility index (Phi) is 4.80. The van der Waals surface area contributed by atoms with Crippen molar-refractivity contribution in [2.45, 2.75) is 39.2 Å². The van der Waals surface area contributed by atoms with Crippen molar-refractivity contribution in [3.8, 4) is 5.75 Å². The predicted octanol–water partition coefficient (Wildman–Crippen LogP) is 2.76. The Morgan fingerprint density at radius 3 is 3.00 bits per heavy atom. The molecule has 1 fully saturated rings. The highest BCUT2D eigenvalue weighted by atomic mass is 16.5. The maximum absolute atomic E-state index is 5.92. The van der Waals surface area contributed by atoms with Crippen molar-refractivity contribution in [2.24, 2.45) is 5.92 Å². The Morgan fingerprint density at radius 1 is 1.41 bits per heavy atom. The van der Waals surface area contributed by atoms with Gasteiger partial charge >= 0.3 is 0 Å². The summed E-state index contributed by atoms with van der Waals surface area (Å²) < 4.78 is 5.92. The smallest absolute Gasteiger partial charge is 0.142 e. The Hall–Kier alpha value is -1.09. The molecule has 0 aromatic carbocycles. The third kappa shape index (κ3) is 3.70. The first kappa shape index (κ1) is 12.4. The van der Waals surface area contributed by atoms with Gasteiger partial charge in [0.05, 0.1) is 12.8 Å². The van der Waals surface area contributed by atoms with Crippen LogP contribution >= 0.6 is 0 Å². The first-order chi connectivity index (χ1) is 8.40. The minimum atomic E-state index is 0.752. The lowest BCUT2D eigenvalue weighted by molar-refractivity contribution is 0.248. The lowest BCUT2D eigenvalue weighted by Gasteiger charge is -2.14. The minimum absolute atomic E-state index is 0.752. The molecule has 0 aliphatic heterocycles. The number of nitrogens with zero attached hydrogens (tertiary/aromatic N) is 1. The minimum Gasteiger partial charge on any atom is -0.491 e. The van der Waals surface area contributed by atoms with Crippen molar-refractivity contribution in [3.05, 3.63) is 24.0 Å². The van der Waals surface area contributed by atoms with E-state index in [1.807, 2.05) is 18.5 Å². The van der Waals surface area contributed by atoms with Crippen LogP contribution in [-0.2, 0) is 6.54 Å². The van der Waals surface area contributed by atoms with Crippen LogP contribution in [0.1, 0.15) is 38.2 Å². The highest BCUT2D eigenvalue weighted by molar-refractivity contribution is 5.29. The lowest BCUT2D eigenvalue weighted by Crippen LogP contribution is -2.14. The quantitative estimate of drug-likeness (QED) is 0.822. The van der Waals surface area contributed by atoms with E-state index < -0.39 is 0 Å². The summed E-state index contributed by atoms with van der Waals surface area (Å²) in [6, 6.07) is 2.03. The summed E-state index contributed by atoms with van der Waals surface area (Å²) in [5.74, 6) is 1.70. The van der Waals surface area contributed by atoms with Gasteiger partial charge in [-0.2, -0.15) is 0 Å². The normalized spacial score (nSPS) is 16.3. The van der Waals surface area contributed by atoms with E-state index in [9.17, 15) is 0 Å². The summed E-state index contributed by atoms with van der Waals surface area (Å²) in [6.07, 6.45) is 9.04. The van der Waals surface area contributed by atoms with Gasteiger partial charge in [0.15, 0.2) is 0 Å². The predicted molar refractivity (Wildman–Crippen MR) is 69.1 cm³/mol. The fourth-order valence-electron chi connectivity index (χ4n) is 2.33. The number of ether oxygens (including phenoxy) is 1. The summed E-state index contributed by atoms with van der Waals surface area (Å²) in [4.78, 5) is 4.15. The molecule has 1 aliphatic rings. The maximum atomic E-state index is 5.92. The molecule has 1 aromatic heterocycles. The van der Waals surface area contributed by atoms with Crippen molar-refractivity contribution in [3.63, 3.8) is 0 Å². The van der Waals surface area contributed by atoms with Gasteiger partial charge in [0.1, 0.15) is 5.75 Å². The first-order valence-electron chi connectivity index (χ1n) is 6.66. The Labute approximate surface area is 104 Å². The molecule has 94 valence electrons. The highest BCUT2D eigenvalue weighted by Crippen LogP contribution is 2.26. The number of pyridine rings is 1. The second-order valence-corrected chi connectivity index (χ2v) is 4.73. The molecule has 3 nitrogen and oxygen atoms in total. The van der Waals surface area contributed by atoms with Gasteiger partial charge in [0.25, 0.3) is 0 Å². The second kappa shape index (κ2) is 6.60. The molecule has 17 heavy (non-hydrogen) atoms. The van der Waals surface area contributed by atoms with Crippen LogP contribution in [0.4, 0.5) is 0 Å². The lowest BCUT2D eigenvalue weighted by atomic mass is 10.1. The number of nitrogens with one attached hydrogen (secondary N) is 1. The Bertz CT molecular complexity index is 335. The topological polar surface area (TPSA) is 34.2 Å². The molecular formula is C14H22N2O. The maximum Gasteiger partial charge on any atom is 0.142 e. The van der Waals surface area contributed by atoms with E-state index in [2.05, 4.69) is 17.2 Å². The standard InChI is InChI=1S/C14H22N2O/c1-2-15-9-13-7-8-16-10-14(13)17-11-12-5-3-4-6-12/h7-8,10,12,15H,2-6,9,11H2,1H3. The molecule has 1 aliphatic carbocycles.